The molecule has 0 radical (unpaired) electrons. The Morgan fingerprint density at radius 2 is 1.76 bits per heavy atom. The van der Waals surface area contributed by atoms with Gasteiger partial charge in [0.15, 0.2) is 0 Å². The molecule has 0 spiro atoms. The number of aliphatic imine (C=N–C) groups is 1. The highest BCUT2D eigenvalue weighted by atomic mass is 19.4. The Labute approximate surface area is 189 Å². The van der Waals surface area contributed by atoms with Crippen LogP contribution in [0.1, 0.15) is 25.0 Å². The molecule has 0 fully saturated rings. The summed E-state index contributed by atoms with van der Waals surface area (Å²) in [5, 5.41) is 3.15. The average Bonchev–Trinajstić information content (AvgIpc) is 2.95. The average molecular weight is 461 g/mol. The van der Waals surface area contributed by atoms with Crippen LogP contribution in [0.3, 0.4) is 0 Å². The fourth-order valence-corrected chi connectivity index (χ4v) is 3.27. The summed E-state index contributed by atoms with van der Waals surface area (Å²) >= 11 is 0. The molecule has 3 rings (SSSR count). The van der Waals surface area contributed by atoms with E-state index in [1.54, 1.807) is 11.7 Å². The molecule has 2 aromatic carbocycles. The van der Waals surface area contributed by atoms with Crippen molar-refractivity contribution in [2.24, 2.45) is 18.0 Å². The molecular formula is C23H26F3N5O2. The van der Waals surface area contributed by atoms with Gasteiger partial charge in [-0.15, -0.1) is 13.2 Å². The molecular weight excluding hydrogens is 435 g/mol. The third-order valence-electron chi connectivity index (χ3n) is 4.79. The minimum atomic E-state index is -4.76. The molecule has 1 aromatic heterocycles. The van der Waals surface area contributed by atoms with Crippen molar-refractivity contribution in [3.63, 3.8) is 0 Å². The summed E-state index contributed by atoms with van der Waals surface area (Å²) in [6, 6.07) is 14.6. The minimum absolute atomic E-state index is 0.111. The number of nitrogen functional groups attached to an aromatic ring is 1. The zero-order valence-corrected chi connectivity index (χ0v) is 18.6. The molecule has 176 valence electrons. The third-order valence-corrected chi connectivity index (χ3v) is 4.79. The van der Waals surface area contributed by atoms with Gasteiger partial charge in [-0.3, -0.25) is 19.2 Å². The molecule has 0 unspecified atom stereocenters. The van der Waals surface area contributed by atoms with Crippen molar-refractivity contribution in [1.82, 2.24) is 9.36 Å². The van der Waals surface area contributed by atoms with Crippen LogP contribution >= 0.6 is 0 Å². The molecule has 0 aliphatic rings. The largest absolute Gasteiger partial charge is 0.573 e. The zero-order chi connectivity index (χ0) is 24.2. The Kier molecular flexibility index (Phi) is 7.15. The molecule has 3 N–H and O–H groups in total. The number of nitrogens with one attached hydrogen (secondary N) is 1. The van der Waals surface area contributed by atoms with Crippen molar-refractivity contribution in [3.05, 3.63) is 76.1 Å². The predicted octanol–water partition coefficient (Wildman–Crippen LogP) is 4.38. The fourth-order valence-electron chi connectivity index (χ4n) is 3.27. The Morgan fingerprint density at radius 1 is 1.12 bits per heavy atom. The maximum absolute atomic E-state index is 13.0. The second kappa shape index (κ2) is 9.85. The fraction of sp³-hybridized carbons (Fsp3) is 0.304. The van der Waals surface area contributed by atoms with Gasteiger partial charge in [-0.1, -0.05) is 44.2 Å². The smallest absolute Gasteiger partial charge is 0.406 e. The van der Waals surface area contributed by atoms with Crippen molar-refractivity contribution in [1.29, 1.82) is 0 Å². The van der Waals surface area contributed by atoms with Crippen molar-refractivity contribution >= 4 is 17.3 Å². The van der Waals surface area contributed by atoms with Gasteiger partial charge < -0.3 is 15.8 Å². The summed E-state index contributed by atoms with van der Waals surface area (Å²) in [6.45, 7) is 4.70. The molecule has 0 aliphatic heterocycles. The Balaban J connectivity index is 1.96. The van der Waals surface area contributed by atoms with Gasteiger partial charge in [-0.25, -0.2) is 0 Å². The van der Waals surface area contributed by atoms with E-state index in [9.17, 15) is 18.0 Å². The van der Waals surface area contributed by atoms with Crippen molar-refractivity contribution in [2.45, 2.75) is 33.3 Å². The van der Waals surface area contributed by atoms with Crippen LogP contribution < -0.4 is 21.3 Å². The number of para-hydroxylation sites is 1. The van der Waals surface area contributed by atoms with Crippen LogP contribution in [0, 0.1) is 5.92 Å². The number of nitrogens with two attached hydrogens (primary N) is 1. The van der Waals surface area contributed by atoms with Crippen molar-refractivity contribution < 1.29 is 17.9 Å². The maximum Gasteiger partial charge on any atom is 0.573 e. The van der Waals surface area contributed by atoms with Crippen LogP contribution in [0.15, 0.2) is 64.4 Å². The summed E-state index contributed by atoms with van der Waals surface area (Å²) in [5.41, 5.74) is 7.63. The quantitative estimate of drug-likeness (QED) is 0.404. The number of anilines is 2. The molecule has 0 saturated carbocycles. The lowest BCUT2D eigenvalue weighted by Gasteiger charge is -2.13. The number of benzene rings is 2. The summed E-state index contributed by atoms with van der Waals surface area (Å²) in [5.74, 6) is 0.504. The normalized spacial score (nSPS) is 12.3. The van der Waals surface area contributed by atoms with Gasteiger partial charge in [0.2, 0.25) is 0 Å². The van der Waals surface area contributed by atoms with Crippen LogP contribution in [0.2, 0.25) is 0 Å². The van der Waals surface area contributed by atoms with Crippen LogP contribution in [0.25, 0.3) is 0 Å². The number of alkyl halides is 3. The Bertz CT molecular complexity index is 1160. The SMILES string of the molecule is CC(C)Cn1c(N)c(C(=NCc2ccc(OC(F)(F)F)cc2)Nc2ccccc2)c(=O)n1C. The molecule has 0 atom stereocenters. The monoisotopic (exact) mass is 461 g/mol. The summed E-state index contributed by atoms with van der Waals surface area (Å²) in [7, 11) is 1.64. The molecule has 0 bridgehead atoms. The maximum atomic E-state index is 13.0. The van der Waals surface area contributed by atoms with E-state index in [1.807, 2.05) is 44.2 Å². The minimum Gasteiger partial charge on any atom is -0.406 e. The number of ether oxygens (including phenoxy) is 1. The highest BCUT2D eigenvalue weighted by Crippen LogP contribution is 2.23. The summed E-state index contributed by atoms with van der Waals surface area (Å²) < 4.78 is 44.2. The second-order valence-electron chi connectivity index (χ2n) is 7.91. The van der Waals surface area contributed by atoms with Crippen LogP contribution in [-0.2, 0) is 20.1 Å². The lowest BCUT2D eigenvalue weighted by atomic mass is 10.2. The van der Waals surface area contributed by atoms with Gasteiger partial charge in [0.05, 0.1) is 6.54 Å². The van der Waals surface area contributed by atoms with Gasteiger partial charge in [0.25, 0.3) is 5.56 Å². The van der Waals surface area contributed by atoms with Gasteiger partial charge in [0.1, 0.15) is 23.0 Å². The second-order valence-corrected chi connectivity index (χ2v) is 7.91. The Hall–Kier alpha value is -3.69. The first-order chi connectivity index (χ1) is 15.5. The predicted molar refractivity (Wildman–Crippen MR) is 122 cm³/mol. The molecule has 10 heteroatoms. The van der Waals surface area contributed by atoms with E-state index >= 15 is 0 Å². The molecule has 0 aliphatic carbocycles. The first-order valence-electron chi connectivity index (χ1n) is 10.3. The number of halogens is 3. The number of nitrogens with zero attached hydrogens (tertiary/aromatic N) is 3. The molecule has 7 nitrogen and oxygen atoms in total. The van der Waals surface area contributed by atoms with E-state index in [1.165, 1.54) is 28.9 Å². The first-order valence-corrected chi connectivity index (χ1v) is 10.3. The zero-order valence-electron chi connectivity index (χ0n) is 18.6. The summed E-state index contributed by atoms with van der Waals surface area (Å²) in [4.78, 5) is 17.6. The number of rotatable bonds is 7. The van der Waals surface area contributed by atoms with Crippen molar-refractivity contribution in [3.8, 4) is 5.75 Å². The van der Waals surface area contributed by atoms with Crippen LogP contribution in [-0.4, -0.2) is 21.6 Å². The van der Waals surface area contributed by atoms with E-state index < -0.39 is 6.36 Å². The topological polar surface area (TPSA) is 86.6 Å². The standard InChI is InChI=1S/C23H26F3N5O2/c1-15(2)14-31-20(27)19(22(32)30(31)3)21(29-17-7-5-4-6-8-17)28-13-16-9-11-18(12-10-16)33-23(24,25)26/h4-12,15H,13-14,27H2,1-3H3,(H,28,29). The lowest BCUT2D eigenvalue weighted by molar-refractivity contribution is -0.274. The Morgan fingerprint density at radius 3 is 2.33 bits per heavy atom. The molecule has 33 heavy (non-hydrogen) atoms. The van der Waals surface area contributed by atoms with Crippen molar-refractivity contribution in [2.75, 3.05) is 11.1 Å². The van der Waals surface area contributed by atoms with Crippen LogP contribution in [0.4, 0.5) is 24.7 Å². The number of aromatic nitrogens is 2. The van der Waals surface area contributed by atoms with E-state index in [0.717, 1.165) is 0 Å². The number of hydrogen-bond donors (Lipinski definition) is 2. The van der Waals surface area contributed by atoms with E-state index in [4.69, 9.17) is 5.73 Å². The molecule has 0 amide bonds. The third kappa shape index (κ3) is 6.18. The highest BCUT2D eigenvalue weighted by molar-refractivity contribution is 6.10. The van der Waals surface area contributed by atoms with Crippen LogP contribution in [0.5, 0.6) is 5.75 Å². The lowest BCUT2D eigenvalue weighted by Crippen LogP contribution is -2.26. The van der Waals surface area contributed by atoms with Gasteiger partial charge in [0, 0.05) is 19.3 Å². The van der Waals surface area contributed by atoms with Gasteiger partial charge in [-0.2, -0.15) is 0 Å². The molecule has 1 heterocycles. The van der Waals surface area contributed by atoms with Gasteiger partial charge in [-0.05, 0) is 35.7 Å². The molecule has 0 saturated heterocycles. The van der Waals surface area contributed by atoms with E-state index in [-0.39, 0.29) is 41.0 Å². The number of amidine groups is 1. The van der Waals surface area contributed by atoms with E-state index in [0.29, 0.717) is 17.8 Å². The summed E-state index contributed by atoms with van der Waals surface area (Å²) in [6.07, 6.45) is -4.76. The van der Waals surface area contributed by atoms with Gasteiger partial charge >= 0.3 is 6.36 Å². The highest BCUT2D eigenvalue weighted by Gasteiger charge is 2.31. The first kappa shape index (κ1) is 24.0. The molecule has 3 aromatic rings. The number of hydrogen-bond acceptors (Lipinski definition) is 4. The van der Waals surface area contributed by atoms with E-state index in [2.05, 4.69) is 15.0 Å².